The first-order valence-electron chi connectivity index (χ1n) is 3.27. The highest BCUT2D eigenvalue weighted by Gasteiger charge is 2.14. The number of ether oxygens (including phenoxy) is 1. The molecule has 4 N–H and O–H groups in total. The Morgan fingerprint density at radius 3 is 2.38 bits per heavy atom. The first-order valence-corrected chi connectivity index (χ1v) is 3.27. The molecule has 0 amide bonds. The van der Waals surface area contributed by atoms with Gasteiger partial charge in [-0.25, -0.2) is 9.59 Å². The van der Waals surface area contributed by atoms with Crippen molar-refractivity contribution in [3.8, 4) is 0 Å². The molecule has 0 heterocycles. The van der Waals surface area contributed by atoms with Crippen molar-refractivity contribution < 1.29 is 19.1 Å². The summed E-state index contributed by atoms with van der Waals surface area (Å²) in [5.74, 6) is -3.48. The normalized spacial score (nSPS) is 8.69. The van der Waals surface area contributed by atoms with Gasteiger partial charge < -0.3 is 15.8 Å². The van der Waals surface area contributed by atoms with E-state index in [4.69, 9.17) is 11.1 Å². The van der Waals surface area contributed by atoms with Crippen LogP contribution in [0, 0.1) is 5.41 Å². The fourth-order valence-electron chi connectivity index (χ4n) is 0.379. The Hall–Kier alpha value is -1.92. The van der Waals surface area contributed by atoms with Crippen LogP contribution < -0.4 is 11.1 Å². The molecule has 0 unspecified atom stereocenters. The van der Waals surface area contributed by atoms with Crippen LogP contribution in [-0.2, 0) is 19.1 Å². The summed E-state index contributed by atoms with van der Waals surface area (Å²) in [6.07, 6.45) is 0. The van der Waals surface area contributed by atoms with E-state index in [0.717, 1.165) is 6.92 Å². The smallest absolute Gasteiger partial charge is 0.381 e. The molecule has 0 saturated heterocycles. The van der Waals surface area contributed by atoms with Crippen LogP contribution in [0.5, 0.6) is 0 Å². The second kappa shape index (κ2) is 4.86. The molecular weight excluding hydrogens is 178 g/mol. The van der Waals surface area contributed by atoms with Crippen molar-refractivity contribution in [2.24, 2.45) is 5.73 Å². The van der Waals surface area contributed by atoms with Gasteiger partial charge >= 0.3 is 11.9 Å². The molecule has 0 aliphatic heterocycles. The predicted molar refractivity (Wildman–Crippen MR) is 41.7 cm³/mol. The molecule has 7 nitrogen and oxygen atoms in total. The quantitative estimate of drug-likeness (QED) is 0.156. The second-order valence-electron chi connectivity index (χ2n) is 2.08. The lowest BCUT2D eigenvalue weighted by atomic mass is 10.5. The van der Waals surface area contributed by atoms with Crippen LogP contribution in [0.2, 0.25) is 0 Å². The Kier molecular flexibility index (Phi) is 4.14. The van der Waals surface area contributed by atoms with E-state index in [1.165, 1.54) is 0 Å². The van der Waals surface area contributed by atoms with Gasteiger partial charge in [0.05, 0.1) is 0 Å². The van der Waals surface area contributed by atoms with Crippen molar-refractivity contribution in [3.63, 3.8) is 0 Å². The molecule has 0 aromatic carbocycles. The molecule has 72 valence electrons. The van der Waals surface area contributed by atoms with Crippen molar-refractivity contribution in [1.82, 2.24) is 5.32 Å². The molecule has 0 radical (unpaired) electrons. The third-order valence-electron chi connectivity index (χ3n) is 0.917. The van der Waals surface area contributed by atoms with Gasteiger partial charge in [0.1, 0.15) is 6.54 Å². The van der Waals surface area contributed by atoms with Gasteiger partial charge in [-0.05, 0) is 0 Å². The number of esters is 2. The number of carbonyl (C=O) groups is 3. The minimum absolute atomic E-state index is 0.422. The number of rotatable bonds is 3. The third kappa shape index (κ3) is 5.36. The van der Waals surface area contributed by atoms with E-state index in [-0.39, 0.29) is 0 Å². The summed E-state index contributed by atoms with van der Waals surface area (Å²) in [5, 5.41) is 8.77. The highest BCUT2D eigenvalue weighted by molar-refractivity contribution is 6.34. The van der Waals surface area contributed by atoms with E-state index >= 15 is 0 Å². The molecule has 0 atom stereocenters. The zero-order chi connectivity index (χ0) is 10.4. The Balaban J connectivity index is 3.82. The van der Waals surface area contributed by atoms with Gasteiger partial charge in [-0.15, -0.1) is 0 Å². The van der Waals surface area contributed by atoms with Crippen molar-refractivity contribution in [2.45, 2.75) is 6.92 Å². The first-order chi connectivity index (χ1) is 5.93. The lowest BCUT2D eigenvalue weighted by molar-refractivity contribution is -0.163. The molecule has 0 rings (SSSR count). The SMILES string of the molecule is CC(=O)C(=O)OC(=O)CNC(=N)N. The molecule has 0 aromatic heterocycles. The maximum Gasteiger partial charge on any atom is 0.381 e. The van der Waals surface area contributed by atoms with Gasteiger partial charge in [0, 0.05) is 6.92 Å². The molecular formula is C6H9N3O4. The molecule has 0 aliphatic carbocycles. The number of ketones is 1. The van der Waals surface area contributed by atoms with E-state index in [2.05, 4.69) is 10.1 Å². The summed E-state index contributed by atoms with van der Waals surface area (Å²) < 4.78 is 4.02. The average molecular weight is 187 g/mol. The van der Waals surface area contributed by atoms with Crippen LogP contribution in [-0.4, -0.2) is 30.2 Å². The minimum atomic E-state index is -1.23. The number of hydrogen-bond acceptors (Lipinski definition) is 5. The maximum atomic E-state index is 10.7. The molecule has 0 aromatic rings. The molecule has 0 fully saturated rings. The monoisotopic (exact) mass is 187 g/mol. The molecule has 0 aliphatic rings. The maximum absolute atomic E-state index is 10.7. The summed E-state index contributed by atoms with van der Waals surface area (Å²) in [6.45, 7) is 0.558. The lowest BCUT2D eigenvalue weighted by Gasteiger charge is -2.01. The molecule has 0 bridgehead atoms. The first kappa shape index (κ1) is 11.1. The fraction of sp³-hybridized carbons (Fsp3) is 0.333. The predicted octanol–water partition coefficient (Wildman–Crippen LogP) is -1.87. The average Bonchev–Trinajstić information content (AvgIpc) is 2.00. The summed E-state index contributed by atoms with van der Waals surface area (Å²) in [7, 11) is 0. The van der Waals surface area contributed by atoms with Gasteiger partial charge in [-0.2, -0.15) is 0 Å². The Labute approximate surface area is 73.7 Å². The van der Waals surface area contributed by atoms with Crippen molar-refractivity contribution in [3.05, 3.63) is 0 Å². The Morgan fingerprint density at radius 2 is 2.00 bits per heavy atom. The lowest BCUT2D eigenvalue weighted by Crippen LogP contribution is -2.36. The molecule has 0 saturated carbocycles. The topological polar surface area (TPSA) is 122 Å². The standard InChI is InChI=1S/C6H9N3O4/c1-3(10)5(12)13-4(11)2-9-6(7)8/h2H2,1H3,(H4,7,8,9). The third-order valence-corrected chi connectivity index (χ3v) is 0.917. The molecule has 0 spiro atoms. The van der Waals surface area contributed by atoms with E-state index in [1.54, 1.807) is 0 Å². The van der Waals surface area contributed by atoms with Gasteiger partial charge in [0.15, 0.2) is 5.96 Å². The van der Waals surface area contributed by atoms with E-state index in [0.29, 0.717) is 0 Å². The zero-order valence-electron chi connectivity index (χ0n) is 6.92. The van der Waals surface area contributed by atoms with Gasteiger partial charge in [0.25, 0.3) is 0 Å². The van der Waals surface area contributed by atoms with E-state index < -0.39 is 30.2 Å². The fourth-order valence-corrected chi connectivity index (χ4v) is 0.379. The van der Waals surface area contributed by atoms with Crippen molar-refractivity contribution >= 4 is 23.7 Å². The van der Waals surface area contributed by atoms with Gasteiger partial charge in [-0.1, -0.05) is 0 Å². The second-order valence-corrected chi connectivity index (χ2v) is 2.08. The van der Waals surface area contributed by atoms with Crippen molar-refractivity contribution in [1.29, 1.82) is 5.41 Å². The number of carbonyl (C=O) groups excluding carboxylic acids is 3. The van der Waals surface area contributed by atoms with E-state index in [9.17, 15) is 14.4 Å². The van der Waals surface area contributed by atoms with Crippen LogP contribution in [0.4, 0.5) is 0 Å². The van der Waals surface area contributed by atoms with E-state index in [1.807, 2.05) is 0 Å². The van der Waals surface area contributed by atoms with Crippen LogP contribution in [0.3, 0.4) is 0 Å². The number of hydrogen-bond donors (Lipinski definition) is 3. The number of nitrogens with one attached hydrogen (secondary N) is 2. The molecule has 13 heavy (non-hydrogen) atoms. The number of Topliss-reactive ketones (excluding diaryl/α,β-unsaturated/α-hetero) is 1. The summed E-state index contributed by atoms with van der Waals surface area (Å²) >= 11 is 0. The van der Waals surface area contributed by atoms with Crippen LogP contribution in [0.25, 0.3) is 0 Å². The van der Waals surface area contributed by atoms with Gasteiger partial charge in [0.2, 0.25) is 5.78 Å². The number of nitrogens with two attached hydrogens (primary N) is 1. The van der Waals surface area contributed by atoms with Crippen LogP contribution in [0.15, 0.2) is 0 Å². The highest BCUT2D eigenvalue weighted by Crippen LogP contribution is 1.81. The molecule has 7 heteroatoms. The minimum Gasteiger partial charge on any atom is -0.386 e. The largest absolute Gasteiger partial charge is 0.386 e. The number of guanidine groups is 1. The summed E-state index contributed by atoms with van der Waals surface area (Å²) in [4.78, 5) is 31.4. The Morgan fingerprint density at radius 1 is 1.46 bits per heavy atom. The van der Waals surface area contributed by atoms with Crippen LogP contribution >= 0.6 is 0 Å². The zero-order valence-corrected chi connectivity index (χ0v) is 6.92. The van der Waals surface area contributed by atoms with Crippen molar-refractivity contribution in [2.75, 3.05) is 6.54 Å². The van der Waals surface area contributed by atoms with Crippen LogP contribution in [0.1, 0.15) is 6.92 Å². The summed E-state index contributed by atoms with van der Waals surface area (Å²) in [5.41, 5.74) is 4.84. The van der Waals surface area contributed by atoms with Gasteiger partial charge in [-0.3, -0.25) is 10.2 Å². The summed E-state index contributed by atoms with van der Waals surface area (Å²) in [6, 6.07) is 0. The highest BCUT2D eigenvalue weighted by atomic mass is 16.6. The Bertz CT molecular complexity index is 261.